The Labute approximate surface area is 114 Å². The Hall–Kier alpha value is -1.86. The third-order valence-corrected chi connectivity index (χ3v) is 3.62. The summed E-state index contributed by atoms with van der Waals surface area (Å²) in [5, 5.41) is 11.7. The van der Waals surface area contributed by atoms with Crippen molar-refractivity contribution in [3.63, 3.8) is 0 Å². The molecule has 4 nitrogen and oxygen atoms in total. The van der Waals surface area contributed by atoms with Crippen molar-refractivity contribution < 1.29 is 4.79 Å². The molecule has 100 valence electrons. The molecule has 1 amide bonds. The Balaban J connectivity index is 1.91. The highest BCUT2D eigenvalue weighted by atomic mass is 16.1. The molecule has 4 heteroatoms. The van der Waals surface area contributed by atoms with Crippen LogP contribution in [0.15, 0.2) is 24.3 Å². The fourth-order valence-electron chi connectivity index (χ4n) is 2.49. The molecular weight excluding hydrogens is 238 g/mol. The summed E-state index contributed by atoms with van der Waals surface area (Å²) >= 11 is 0. The average molecular weight is 257 g/mol. The van der Waals surface area contributed by atoms with E-state index in [1.165, 1.54) is 12.8 Å². The summed E-state index contributed by atoms with van der Waals surface area (Å²) < 4.78 is 0. The second-order valence-electron chi connectivity index (χ2n) is 5.08. The van der Waals surface area contributed by atoms with E-state index in [9.17, 15) is 4.79 Å². The maximum atomic E-state index is 12.0. The number of nitrogens with one attached hydrogen (secondary N) is 1. The van der Waals surface area contributed by atoms with Gasteiger partial charge in [0.25, 0.3) is 0 Å². The van der Waals surface area contributed by atoms with Crippen LogP contribution in [-0.2, 0) is 4.79 Å². The molecule has 2 rings (SSSR count). The van der Waals surface area contributed by atoms with E-state index >= 15 is 0 Å². The zero-order chi connectivity index (χ0) is 13.7. The normalized spacial score (nSPS) is 19.7. The van der Waals surface area contributed by atoms with Crippen molar-refractivity contribution in [2.45, 2.75) is 31.7 Å². The van der Waals surface area contributed by atoms with Crippen LogP contribution in [-0.4, -0.2) is 30.4 Å². The molecule has 1 saturated heterocycles. The van der Waals surface area contributed by atoms with Gasteiger partial charge in [0.2, 0.25) is 5.91 Å². The third-order valence-electron chi connectivity index (χ3n) is 3.62. The highest BCUT2D eigenvalue weighted by Crippen LogP contribution is 2.18. The molecule has 0 spiro atoms. The third kappa shape index (κ3) is 3.80. The first-order chi connectivity index (χ1) is 9.19. The minimum atomic E-state index is 0.0221. The van der Waals surface area contributed by atoms with Crippen molar-refractivity contribution in [3.05, 3.63) is 29.8 Å². The number of carbonyl (C=O) groups excluding carboxylic acids is 1. The van der Waals surface area contributed by atoms with Gasteiger partial charge in [-0.25, -0.2) is 0 Å². The molecule has 0 saturated carbocycles. The smallest absolute Gasteiger partial charge is 0.225 e. The van der Waals surface area contributed by atoms with Crippen LogP contribution in [0, 0.1) is 11.3 Å². The highest BCUT2D eigenvalue weighted by molar-refractivity contribution is 5.91. The SMILES string of the molecule is CN1CCCCC1CC(=O)Nc1cccc(C#N)c1. The number of hydrogen-bond donors (Lipinski definition) is 1. The number of benzene rings is 1. The van der Waals surface area contributed by atoms with Gasteiger partial charge in [-0.3, -0.25) is 4.79 Å². The van der Waals surface area contributed by atoms with Crippen LogP contribution in [0.2, 0.25) is 0 Å². The summed E-state index contributed by atoms with van der Waals surface area (Å²) in [6, 6.07) is 9.42. The topological polar surface area (TPSA) is 56.1 Å². The lowest BCUT2D eigenvalue weighted by atomic mass is 10.00. The van der Waals surface area contributed by atoms with Crippen LogP contribution in [0.4, 0.5) is 5.69 Å². The van der Waals surface area contributed by atoms with Gasteiger partial charge in [-0.1, -0.05) is 12.5 Å². The number of anilines is 1. The first-order valence-electron chi connectivity index (χ1n) is 6.69. The molecule has 0 radical (unpaired) electrons. The minimum absolute atomic E-state index is 0.0221. The number of likely N-dealkylation sites (tertiary alicyclic amines) is 1. The number of carbonyl (C=O) groups is 1. The van der Waals surface area contributed by atoms with Gasteiger partial charge >= 0.3 is 0 Å². The molecule has 1 aromatic carbocycles. The Morgan fingerprint density at radius 3 is 3.11 bits per heavy atom. The van der Waals surface area contributed by atoms with E-state index in [-0.39, 0.29) is 5.91 Å². The summed E-state index contributed by atoms with van der Waals surface area (Å²) in [6.45, 7) is 1.07. The monoisotopic (exact) mass is 257 g/mol. The molecule has 1 fully saturated rings. The van der Waals surface area contributed by atoms with E-state index < -0.39 is 0 Å². The van der Waals surface area contributed by atoms with Crippen LogP contribution < -0.4 is 5.32 Å². The summed E-state index contributed by atoms with van der Waals surface area (Å²) in [5.74, 6) is 0.0221. The molecule has 1 N–H and O–H groups in total. The molecule has 0 aromatic heterocycles. The second-order valence-corrected chi connectivity index (χ2v) is 5.08. The zero-order valence-electron chi connectivity index (χ0n) is 11.2. The standard InChI is InChI=1S/C15H19N3O/c1-18-8-3-2-7-14(18)10-15(19)17-13-6-4-5-12(9-13)11-16/h4-6,9,14H,2-3,7-8,10H2,1H3,(H,17,19). The van der Waals surface area contributed by atoms with Gasteiger partial charge in [0, 0.05) is 18.2 Å². The van der Waals surface area contributed by atoms with Gasteiger partial charge in [0.05, 0.1) is 11.6 Å². The lowest BCUT2D eigenvalue weighted by Gasteiger charge is -2.31. The van der Waals surface area contributed by atoms with Gasteiger partial charge in [0.1, 0.15) is 0 Å². The molecule has 1 atom stereocenters. The summed E-state index contributed by atoms with van der Waals surface area (Å²) in [7, 11) is 2.08. The van der Waals surface area contributed by atoms with Crippen LogP contribution >= 0.6 is 0 Å². The van der Waals surface area contributed by atoms with Gasteiger partial charge in [-0.2, -0.15) is 5.26 Å². The number of hydrogen-bond acceptors (Lipinski definition) is 3. The first kappa shape index (κ1) is 13.6. The van der Waals surface area contributed by atoms with Gasteiger partial charge < -0.3 is 10.2 Å². The van der Waals surface area contributed by atoms with E-state index in [4.69, 9.17) is 5.26 Å². The largest absolute Gasteiger partial charge is 0.326 e. The van der Waals surface area contributed by atoms with Crippen molar-refractivity contribution >= 4 is 11.6 Å². The number of nitrogens with zero attached hydrogens (tertiary/aromatic N) is 2. The van der Waals surface area contributed by atoms with Crippen molar-refractivity contribution in [2.24, 2.45) is 0 Å². The quantitative estimate of drug-likeness (QED) is 0.904. The Morgan fingerprint density at radius 2 is 2.37 bits per heavy atom. The van der Waals surface area contributed by atoms with E-state index in [1.807, 2.05) is 6.07 Å². The minimum Gasteiger partial charge on any atom is -0.326 e. The lowest BCUT2D eigenvalue weighted by molar-refractivity contribution is -0.117. The van der Waals surface area contributed by atoms with Crippen molar-refractivity contribution in [3.8, 4) is 6.07 Å². The van der Waals surface area contributed by atoms with Crippen LogP contribution in [0.25, 0.3) is 0 Å². The predicted octanol–water partition coefficient (Wildman–Crippen LogP) is 2.37. The number of piperidine rings is 1. The Kier molecular flexibility index (Phi) is 4.53. The van der Waals surface area contributed by atoms with Gasteiger partial charge in [-0.15, -0.1) is 0 Å². The molecule has 0 aliphatic carbocycles. The fourth-order valence-corrected chi connectivity index (χ4v) is 2.49. The van der Waals surface area contributed by atoms with E-state index in [1.54, 1.807) is 18.2 Å². The van der Waals surface area contributed by atoms with Gasteiger partial charge in [-0.05, 0) is 44.6 Å². The number of nitriles is 1. The number of rotatable bonds is 3. The predicted molar refractivity (Wildman–Crippen MR) is 74.7 cm³/mol. The highest BCUT2D eigenvalue weighted by Gasteiger charge is 2.21. The van der Waals surface area contributed by atoms with Crippen molar-refractivity contribution in [2.75, 3.05) is 18.9 Å². The maximum absolute atomic E-state index is 12.0. The second kappa shape index (κ2) is 6.35. The van der Waals surface area contributed by atoms with E-state index in [2.05, 4.69) is 23.3 Å². The Bertz CT molecular complexity index is 492. The molecule has 1 unspecified atom stereocenters. The van der Waals surface area contributed by atoms with Crippen molar-refractivity contribution in [1.29, 1.82) is 5.26 Å². The fraction of sp³-hybridized carbons (Fsp3) is 0.467. The molecule has 1 aromatic rings. The van der Waals surface area contributed by atoms with E-state index in [0.29, 0.717) is 23.7 Å². The van der Waals surface area contributed by atoms with Crippen LogP contribution in [0.1, 0.15) is 31.2 Å². The van der Waals surface area contributed by atoms with Crippen LogP contribution in [0.3, 0.4) is 0 Å². The molecule has 19 heavy (non-hydrogen) atoms. The zero-order valence-corrected chi connectivity index (χ0v) is 11.2. The molecule has 1 aliphatic rings. The molecule has 1 heterocycles. The molecule has 0 bridgehead atoms. The van der Waals surface area contributed by atoms with Crippen LogP contribution in [0.5, 0.6) is 0 Å². The van der Waals surface area contributed by atoms with Gasteiger partial charge in [0.15, 0.2) is 0 Å². The van der Waals surface area contributed by atoms with E-state index in [0.717, 1.165) is 13.0 Å². The lowest BCUT2D eigenvalue weighted by Crippen LogP contribution is -2.38. The maximum Gasteiger partial charge on any atom is 0.225 e. The Morgan fingerprint density at radius 1 is 1.53 bits per heavy atom. The first-order valence-corrected chi connectivity index (χ1v) is 6.69. The number of amides is 1. The molecular formula is C15H19N3O. The molecule has 1 aliphatic heterocycles. The summed E-state index contributed by atoms with van der Waals surface area (Å²) in [5.41, 5.74) is 1.26. The van der Waals surface area contributed by atoms with Crippen molar-refractivity contribution in [1.82, 2.24) is 4.90 Å². The average Bonchev–Trinajstić information content (AvgIpc) is 2.41. The summed E-state index contributed by atoms with van der Waals surface area (Å²) in [4.78, 5) is 14.3. The summed E-state index contributed by atoms with van der Waals surface area (Å²) in [6.07, 6.45) is 4.03.